The number of halogens is 2. The molecule has 1 N–H and O–H groups in total. The van der Waals surface area contributed by atoms with Crippen molar-refractivity contribution in [2.24, 2.45) is 0 Å². The molecule has 1 amide bonds. The lowest BCUT2D eigenvalue weighted by Crippen LogP contribution is -2.30. The Morgan fingerprint density at radius 1 is 1.08 bits per heavy atom. The number of hydrogen-bond donors (Lipinski definition) is 1. The second-order valence-electron chi connectivity index (χ2n) is 5.38. The third-order valence-electron chi connectivity index (χ3n) is 3.41. The molecule has 132 valence electrons. The van der Waals surface area contributed by atoms with E-state index < -0.39 is 18.0 Å². The Labute approximate surface area is 155 Å². The largest absolute Gasteiger partial charge is 0.494 e. The molecule has 0 aromatic heterocycles. The molecule has 0 spiro atoms. The standard InChI is InChI=1S/C18H17Cl2NO4/c1-10-4-6-13(7-5-10)21-17(22)11(2)25-18(23)12-8-14(19)16(24-3)15(20)9-12/h4-9,11H,1-3H3,(H,21,22)/t11-/m0/s1. The van der Waals surface area contributed by atoms with Crippen LogP contribution >= 0.6 is 23.2 Å². The molecule has 1 atom stereocenters. The van der Waals surface area contributed by atoms with Gasteiger partial charge in [-0.05, 0) is 38.1 Å². The lowest BCUT2D eigenvalue weighted by atomic mass is 10.2. The SMILES string of the molecule is COc1c(Cl)cc(C(=O)O[C@@H](C)C(=O)Nc2ccc(C)cc2)cc1Cl. The van der Waals surface area contributed by atoms with E-state index in [2.05, 4.69) is 5.32 Å². The number of nitrogens with one attached hydrogen (secondary N) is 1. The van der Waals surface area contributed by atoms with E-state index in [1.54, 1.807) is 12.1 Å². The summed E-state index contributed by atoms with van der Waals surface area (Å²) in [6.45, 7) is 3.43. The molecule has 0 unspecified atom stereocenters. The van der Waals surface area contributed by atoms with Gasteiger partial charge in [0.1, 0.15) is 0 Å². The van der Waals surface area contributed by atoms with Gasteiger partial charge in [-0.3, -0.25) is 4.79 Å². The van der Waals surface area contributed by atoms with Gasteiger partial charge >= 0.3 is 5.97 Å². The highest BCUT2D eigenvalue weighted by molar-refractivity contribution is 6.37. The minimum absolute atomic E-state index is 0.130. The number of carbonyl (C=O) groups is 2. The highest BCUT2D eigenvalue weighted by Crippen LogP contribution is 2.34. The molecule has 5 nitrogen and oxygen atoms in total. The van der Waals surface area contributed by atoms with E-state index in [4.69, 9.17) is 32.7 Å². The number of amides is 1. The zero-order chi connectivity index (χ0) is 18.6. The van der Waals surface area contributed by atoms with Crippen molar-refractivity contribution in [1.29, 1.82) is 0 Å². The Morgan fingerprint density at radius 2 is 1.64 bits per heavy atom. The number of carbonyl (C=O) groups excluding carboxylic acids is 2. The van der Waals surface area contributed by atoms with E-state index in [-0.39, 0.29) is 21.4 Å². The molecule has 0 saturated heterocycles. The summed E-state index contributed by atoms with van der Waals surface area (Å²) >= 11 is 12.0. The average Bonchev–Trinajstić information content (AvgIpc) is 2.56. The molecule has 0 radical (unpaired) electrons. The number of ether oxygens (including phenoxy) is 2. The molecular formula is C18H17Cl2NO4. The van der Waals surface area contributed by atoms with Crippen molar-refractivity contribution in [3.05, 3.63) is 57.6 Å². The number of benzene rings is 2. The zero-order valence-corrected chi connectivity index (χ0v) is 15.4. The van der Waals surface area contributed by atoms with E-state index in [1.807, 2.05) is 19.1 Å². The zero-order valence-electron chi connectivity index (χ0n) is 13.9. The summed E-state index contributed by atoms with van der Waals surface area (Å²) in [7, 11) is 1.42. The van der Waals surface area contributed by atoms with E-state index >= 15 is 0 Å². The van der Waals surface area contributed by atoms with Gasteiger partial charge in [0.2, 0.25) is 0 Å². The number of rotatable bonds is 5. The first-order valence-corrected chi connectivity index (χ1v) is 8.19. The van der Waals surface area contributed by atoms with Crippen LogP contribution in [-0.4, -0.2) is 25.1 Å². The Kier molecular flexibility index (Phi) is 6.28. The lowest BCUT2D eigenvalue weighted by molar-refractivity contribution is -0.123. The van der Waals surface area contributed by atoms with Crippen LogP contribution in [0.15, 0.2) is 36.4 Å². The lowest BCUT2D eigenvalue weighted by Gasteiger charge is -2.14. The van der Waals surface area contributed by atoms with Crippen molar-refractivity contribution in [2.75, 3.05) is 12.4 Å². The van der Waals surface area contributed by atoms with Crippen molar-refractivity contribution in [1.82, 2.24) is 0 Å². The Bertz CT molecular complexity index is 767. The van der Waals surface area contributed by atoms with Crippen LogP contribution in [0.3, 0.4) is 0 Å². The van der Waals surface area contributed by atoms with Crippen molar-refractivity contribution in [3.8, 4) is 5.75 Å². The summed E-state index contributed by atoms with van der Waals surface area (Å²) < 4.78 is 10.2. The van der Waals surface area contributed by atoms with E-state index in [9.17, 15) is 9.59 Å². The molecule has 2 rings (SSSR count). The quantitative estimate of drug-likeness (QED) is 0.774. The van der Waals surface area contributed by atoms with Crippen LogP contribution in [-0.2, 0) is 9.53 Å². The number of aryl methyl sites for hydroxylation is 1. The average molecular weight is 382 g/mol. The molecular weight excluding hydrogens is 365 g/mol. The number of methoxy groups -OCH3 is 1. The predicted molar refractivity (Wildman–Crippen MR) is 97.7 cm³/mol. The van der Waals surface area contributed by atoms with Gasteiger partial charge in [0, 0.05) is 5.69 Å². The Hall–Kier alpha value is -2.24. The molecule has 0 aliphatic heterocycles. The fourth-order valence-corrected chi connectivity index (χ4v) is 2.68. The number of anilines is 1. The monoisotopic (exact) mass is 381 g/mol. The van der Waals surface area contributed by atoms with E-state index in [0.717, 1.165) is 5.56 Å². The Morgan fingerprint density at radius 3 is 2.16 bits per heavy atom. The highest BCUT2D eigenvalue weighted by atomic mass is 35.5. The molecule has 2 aromatic carbocycles. The van der Waals surface area contributed by atoms with Crippen molar-refractivity contribution >= 4 is 40.8 Å². The summed E-state index contributed by atoms with van der Waals surface area (Å²) in [5.74, 6) is -0.883. The number of esters is 1. The van der Waals surface area contributed by atoms with Gasteiger partial charge in [-0.15, -0.1) is 0 Å². The third kappa shape index (κ3) is 4.87. The fraction of sp³-hybridized carbons (Fsp3) is 0.222. The van der Waals surface area contributed by atoms with Crippen molar-refractivity contribution < 1.29 is 19.1 Å². The maximum absolute atomic E-state index is 12.2. The topological polar surface area (TPSA) is 64.6 Å². The molecule has 7 heteroatoms. The highest BCUT2D eigenvalue weighted by Gasteiger charge is 2.21. The smallest absolute Gasteiger partial charge is 0.339 e. The molecule has 25 heavy (non-hydrogen) atoms. The van der Waals surface area contributed by atoms with Crippen LogP contribution in [0, 0.1) is 6.92 Å². The molecule has 0 fully saturated rings. The van der Waals surface area contributed by atoms with Crippen LogP contribution < -0.4 is 10.1 Å². The molecule has 0 saturated carbocycles. The summed E-state index contributed by atoms with van der Waals surface area (Å²) in [6.07, 6.45) is -0.992. The second-order valence-corrected chi connectivity index (χ2v) is 6.19. The van der Waals surface area contributed by atoms with Gasteiger partial charge in [-0.1, -0.05) is 40.9 Å². The number of hydrogen-bond acceptors (Lipinski definition) is 4. The van der Waals surface area contributed by atoms with Gasteiger partial charge < -0.3 is 14.8 Å². The normalized spacial score (nSPS) is 11.6. The summed E-state index contributed by atoms with van der Waals surface area (Å²) in [5.41, 5.74) is 1.82. The van der Waals surface area contributed by atoms with Crippen molar-refractivity contribution in [2.45, 2.75) is 20.0 Å². The van der Waals surface area contributed by atoms with E-state index in [0.29, 0.717) is 5.69 Å². The predicted octanol–water partition coefficient (Wildman–Crippen LogP) is 4.49. The molecule has 0 aliphatic carbocycles. The minimum atomic E-state index is -0.992. The van der Waals surface area contributed by atoms with Gasteiger partial charge in [-0.2, -0.15) is 0 Å². The first-order valence-electron chi connectivity index (χ1n) is 7.43. The first kappa shape index (κ1) is 19.1. The summed E-state index contributed by atoms with van der Waals surface area (Å²) in [5, 5.41) is 3.04. The summed E-state index contributed by atoms with van der Waals surface area (Å²) in [6, 6.07) is 10.0. The van der Waals surface area contributed by atoms with Crippen LogP contribution in [0.5, 0.6) is 5.75 Å². The van der Waals surface area contributed by atoms with Gasteiger partial charge in [0.25, 0.3) is 5.91 Å². The maximum Gasteiger partial charge on any atom is 0.339 e. The van der Waals surface area contributed by atoms with Crippen LogP contribution in [0.25, 0.3) is 0 Å². The maximum atomic E-state index is 12.2. The van der Waals surface area contributed by atoms with Gasteiger partial charge in [0.15, 0.2) is 11.9 Å². The molecule has 0 heterocycles. The second kappa shape index (κ2) is 8.23. The molecule has 2 aromatic rings. The van der Waals surface area contributed by atoms with Crippen molar-refractivity contribution in [3.63, 3.8) is 0 Å². The van der Waals surface area contributed by atoms with Gasteiger partial charge in [0.05, 0.1) is 22.7 Å². The van der Waals surface area contributed by atoms with Crippen LogP contribution in [0.2, 0.25) is 10.0 Å². The van der Waals surface area contributed by atoms with Crippen LogP contribution in [0.1, 0.15) is 22.8 Å². The minimum Gasteiger partial charge on any atom is -0.494 e. The molecule has 0 aliphatic rings. The van der Waals surface area contributed by atoms with Gasteiger partial charge in [-0.25, -0.2) is 4.79 Å². The van der Waals surface area contributed by atoms with E-state index in [1.165, 1.54) is 26.2 Å². The first-order chi connectivity index (χ1) is 11.8. The Balaban J connectivity index is 2.04. The van der Waals surface area contributed by atoms with Crippen LogP contribution in [0.4, 0.5) is 5.69 Å². The molecule has 0 bridgehead atoms. The fourth-order valence-electron chi connectivity index (χ4n) is 2.04. The summed E-state index contributed by atoms with van der Waals surface area (Å²) in [4.78, 5) is 24.3. The third-order valence-corrected chi connectivity index (χ3v) is 3.97.